The van der Waals surface area contributed by atoms with Gasteiger partial charge in [0.15, 0.2) is 0 Å². The summed E-state index contributed by atoms with van der Waals surface area (Å²) in [5.41, 5.74) is -0.156. The van der Waals surface area contributed by atoms with Crippen LogP contribution in [0.4, 0.5) is 17.6 Å². The Morgan fingerprint density at radius 1 is 1.35 bits per heavy atom. The molecular formula is C13H20F4O3. The highest BCUT2D eigenvalue weighted by molar-refractivity contribution is 4.95. The summed E-state index contributed by atoms with van der Waals surface area (Å²) in [6.07, 6.45) is -0.327. The van der Waals surface area contributed by atoms with E-state index in [9.17, 15) is 22.7 Å². The lowest BCUT2D eigenvalue weighted by Gasteiger charge is -2.48. The Kier molecular flexibility index (Phi) is 4.92. The van der Waals surface area contributed by atoms with Crippen LogP contribution in [0.3, 0.4) is 0 Å². The molecule has 0 bridgehead atoms. The van der Waals surface area contributed by atoms with Crippen LogP contribution in [0.1, 0.15) is 32.1 Å². The number of ether oxygens (including phenoxy) is 2. The number of hydrogen-bond acceptors (Lipinski definition) is 3. The monoisotopic (exact) mass is 300 g/mol. The van der Waals surface area contributed by atoms with Gasteiger partial charge in [-0.15, -0.1) is 0 Å². The molecule has 2 rings (SSSR count). The Morgan fingerprint density at radius 2 is 2.05 bits per heavy atom. The van der Waals surface area contributed by atoms with Crippen molar-refractivity contribution in [3.63, 3.8) is 0 Å². The smallest absolute Gasteiger partial charge is 0.330 e. The molecule has 3 nitrogen and oxygen atoms in total. The molecule has 7 heteroatoms. The molecule has 0 aromatic heterocycles. The Balaban J connectivity index is 1.73. The van der Waals surface area contributed by atoms with E-state index in [2.05, 4.69) is 4.74 Å². The van der Waals surface area contributed by atoms with Crippen LogP contribution in [0, 0.1) is 5.92 Å². The summed E-state index contributed by atoms with van der Waals surface area (Å²) in [7, 11) is 0. The van der Waals surface area contributed by atoms with Crippen LogP contribution in [0.25, 0.3) is 0 Å². The first-order chi connectivity index (χ1) is 9.35. The maximum Gasteiger partial charge on any atom is 0.330 e. The Labute approximate surface area is 115 Å². The third-order valence-corrected chi connectivity index (χ3v) is 4.24. The standard InChI is InChI=1S/C13H20F4O3/c14-11(15)13(16,17)8-19-7-10(18)9-2-5-20-12(6-9)3-1-4-12/h9-11,18H,1-8H2. The molecule has 1 spiro atoms. The second kappa shape index (κ2) is 6.15. The van der Waals surface area contributed by atoms with E-state index in [0.717, 1.165) is 19.3 Å². The molecule has 2 atom stereocenters. The molecule has 0 aromatic rings. The lowest BCUT2D eigenvalue weighted by Crippen LogP contribution is -2.48. The fraction of sp³-hybridized carbons (Fsp3) is 1.00. The van der Waals surface area contributed by atoms with Gasteiger partial charge in [-0.05, 0) is 38.0 Å². The number of hydrogen-bond donors (Lipinski definition) is 1. The summed E-state index contributed by atoms with van der Waals surface area (Å²) in [5, 5.41) is 9.95. The van der Waals surface area contributed by atoms with E-state index in [1.54, 1.807) is 0 Å². The molecule has 2 unspecified atom stereocenters. The topological polar surface area (TPSA) is 38.7 Å². The maximum atomic E-state index is 12.6. The lowest BCUT2D eigenvalue weighted by atomic mass is 9.71. The van der Waals surface area contributed by atoms with Crippen molar-refractivity contribution >= 4 is 0 Å². The highest BCUT2D eigenvalue weighted by Crippen LogP contribution is 2.45. The zero-order valence-electron chi connectivity index (χ0n) is 11.2. The number of aliphatic hydroxyl groups excluding tert-OH is 1. The molecule has 1 aliphatic carbocycles. The van der Waals surface area contributed by atoms with Gasteiger partial charge in [0, 0.05) is 6.61 Å². The molecule has 2 aliphatic rings. The van der Waals surface area contributed by atoms with E-state index in [1.165, 1.54) is 0 Å². The van der Waals surface area contributed by atoms with Gasteiger partial charge >= 0.3 is 12.3 Å². The zero-order valence-corrected chi connectivity index (χ0v) is 11.2. The predicted molar refractivity (Wildman–Crippen MR) is 63.0 cm³/mol. The highest BCUT2D eigenvalue weighted by Gasteiger charge is 2.45. The first kappa shape index (κ1) is 16.0. The minimum atomic E-state index is -4.16. The predicted octanol–water partition coefficient (Wildman–Crippen LogP) is 2.61. The quantitative estimate of drug-likeness (QED) is 0.766. The van der Waals surface area contributed by atoms with Crippen molar-refractivity contribution in [1.29, 1.82) is 0 Å². The average molecular weight is 300 g/mol. The van der Waals surface area contributed by atoms with Crippen LogP contribution in [0.5, 0.6) is 0 Å². The lowest BCUT2D eigenvalue weighted by molar-refractivity contribution is -0.182. The first-order valence-corrected chi connectivity index (χ1v) is 6.90. The minimum absolute atomic E-state index is 0.0794. The minimum Gasteiger partial charge on any atom is -0.390 e. The molecule has 0 amide bonds. The normalized spacial score (nSPS) is 27.6. The third-order valence-electron chi connectivity index (χ3n) is 4.24. The fourth-order valence-electron chi connectivity index (χ4n) is 2.83. The largest absolute Gasteiger partial charge is 0.390 e. The van der Waals surface area contributed by atoms with Gasteiger partial charge in [-0.1, -0.05) is 0 Å². The van der Waals surface area contributed by atoms with Crippen LogP contribution >= 0.6 is 0 Å². The van der Waals surface area contributed by atoms with Crippen molar-refractivity contribution in [2.24, 2.45) is 5.92 Å². The third kappa shape index (κ3) is 3.62. The second-order valence-corrected chi connectivity index (χ2v) is 5.78. The van der Waals surface area contributed by atoms with E-state index in [-0.39, 0.29) is 18.1 Å². The van der Waals surface area contributed by atoms with Gasteiger partial charge < -0.3 is 14.6 Å². The molecule has 20 heavy (non-hydrogen) atoms. The molecule has 1 heterocycles. The molecule has 1 saturated carbocycles. The summed E-state index contributed by atoms with van der Waals surface area (Å²) in [4.78, 5) is 0. The molecule has 0 aromatic carbocycles. The van der Waals surface area contributed by atoms with Crippen molar-refractivity contribution in [3.05, 3.63) is 0 Å². The first-order valence-electron chi connectivity index (χ1n) is 6.90. The summed E-state index contributed by atoms with van der Waals surface area (Å²) < 4.78 is 59.4. The van der Waals surface area contributed by atoms with E-state index in [1.807, 2.05) is 0 Å². The number of aliphatic hydroxyl groups is 1. The number of halogens is 4. The summed E-state index contributed by atoms with van der Waals surface area (Å²) in [6, 6.07) is 0. The van der Waals surface area contributed by atoms with Gasteiger partial charge in [0.2, 0.25) is 0 Å². The van der Waals surface area contributed by atoms with Crippen LogP contribution in [0.15, 0.2) is 0 Å². The van der Waals surface area contributed by atoms with E-state index in [4.69, 9.17) is 4.74 Å². The van der Waals surface area contributed by atoms with Crippen LogP contribution in [0.2, 0.25) is 0 Å². The molecule has 1 saturated heterocycles. The summed E-state index contributed by atoms with van der Waals surface area (Å²) in [5.74, 6) is -4.24. The van der Waals surface area contributed by atoms with Crippen LogP contribution < -0.4 is 0 Å². The average Bonchev–Trinajstić information content (AvgIpc) is 2.36. The molecule has 118 valence electrons. The van der Waals surface area contributed by atoms with Gasteiger partial charge in [-0.25, -0.2) is 8.78 Å². The van der Waals surface area contributed by atoms with Crippen molar-refractivity contribution in [3.8, 4) is 0 Å². The van der Waals surface area contributed by atoms with E-state index in [0.29, 0.717) is 19.4 Å². The van der Waals surface area contributed by atoms with Gasteiger partial charge in [0.05, 0.1) is 18.3 Å². The van der Waals surface area contributed by atoms with E-state index < -0.39 is 25.1 Å². The molecule has 1 N–H and O–H groups in total. The van der Waals surface area contributed by atoms with Gasteiger partial charge in [-0.2, -0.15) is 8.78 Å². The number of rotatable bonds is 6. The SMILES string of the molecule is OC(COCC(F)(F)C(F)F)C1CCOC2(CCC2)C1. The van der Waals surface area contributed by atoms with E-state index >= 15 is 0 Å². The molecule has 2 fully saturated rings. The zero-order chi connectivity index (χ0) is 14.8. The van der Waals surface area contributed by atoms with Crippen molar-refractivity contribution in [2.45, 2.75) is 56.2 Å². The molecule has 1 aliphatic heterocycles. The summed E-state index contributed by atoms with van der Waals surface area (Å²) >= 11 is 0. The Morgan fingerprint density at radius 3 is 2.60 bits per heavy atom. The second-order valence-electron chi connectivity index (χ2n) is 5.78. The van der Waals surface area contributed by atoms with Gasteiger partial charge in [0.25, 0.3) is 0 Å². The summed E-state index contributed by atoms with van der Waals surface area (Å²) in [6.45, 7) is -1.17. The molecular weight excluding hydrogens is 280 g/mol. The van der Waals surface area contributed by atoms with Crippen molar-refractivity contribution < 1.29 is 32.1 Å². The van der Waals surface area contributed by atoms with Crippen LogP contribution in [-0.4, -0.2) is 49.0 Å². The maximum absolute atomic E-state index is 12.6. The molecule has 0 radical (unpaired) electrons. The highest BCUT2D eigenvalue weighted by atomic mass is 19.3. The van der Waals surface area contributed by atoms with Gasteiger partial charge in [-0.3, -0.25) is 0 Å². The fourth-order valence-corrected chi connectivity index (χ4v) is 2.83. The van der Waals surface area contributed by atoms with Crippen molar-refractivity contribution in [1.82, 2.24) is 0 Å². The van der Waals surface area contributed by atoms with Gasteiger partial charge in [0.1, 0.15) is 6.61 Å². The number of alkyl halides is 4. The Bertz CT molecular complexity index is 321. The Hall–Kier alpha value is -0.400. The van der Waals surface area contributed by atoms with Crippen LogP contribution in [-0.2, 0) is 9.47 Å². The van der Waals surface area contributed by atoms with Crippen molar-refractivity contribution in [2.75, 3.05) is 19.8 Å².